The van der Waals surface area contributed by atoms with E-state index in [4.69, 9.17) is 4.74 Å². The number of hydrogen-bond donors (Lipinski definition) is 0. The summed E-state index contributed by atoms with van der Waals surface area (Å²) in [5, 5.41) is 8.65. The first-order chi connectivity index (χ1) is 15.8. The standard InChI is InChI=1S/C24H20N4O4S/c1-13(21(29)16-9-10-19-18(11-16)27(3)23(30)14(2)32-19)28-24(31)17-12-20(33-22(17)25-26-28)15-7-5-4-6-8-15/h4-14H,1-3H3. The van der Waals surface area contributed by atoms with Crippen LogP contribution in [0.1, 0.15) is 30.2 Å². The largest absolute Gasteiger partial charge is 0.479 e. The van der Waals surface area contributed by atoms with Gasteiger partial charge >= 0.3 is 0 Å². The number of nitrogens with zero attached hydrogens (tertiary/aromatic N) is 4. The summed E-state index contributed by atoms with van der Waals surface area (Å²) in [5.41, 5.74) is 1.47. The summed E-state index contributed by atoms with van der Waals surface area (Å²) in [6.07, 6.45) is -0.588. The number of carbonyl (C=O) groups excluding carboxylic acids is 2. The zero-order chi connectivity index (χ0) is 23.3. The summed E-state index contributed by atoms with van der Waals surface area (Å²) in [7, 11) is 1.64. The zero-order valence-corrected chi connectivity index (χ0v) is 19.0. The van der Waals surface area contributed by atoms with Crippen LogP contribution in [0.15, 0.2) is 59.4 Å². The molecule has 3 heterocycles. The number of anilines is 1. The minimum absolute atomic E-state index is 0.195. The van der Waals surface area contributed by atoms with E-state index in [1.807, 2.05) is 30.3 Å². The summed E-state index contributed by atoms with van der Waals surface area (Å²) < 4.78 is 6.73. The van der Waals surface area contributed by atoms with E-state index < -0.39 is 12.1 Å². The van der Waals surface area contributed by atoms with E-state index in [1.165, 1.54) is 16.2 Å². The molecule has 4 aromatic rings. The van der Waals surface area contributed by atoms with Gasteiger partial charge in [-0.1, -0.05) is 35.5 Å². The molecule has 166 valence electrons. The van der Waals surface area contributed by atoms with Crippen molar-refractivity contribution in [3.05, 3.63) is 70.5 Å². The van der Waals surface area contributed by atoms with Crippen LogP contribution in [0.3, 0.4) is 0 Å². The lowest BCUT2D eigenvalue weighted by molar-refractivity contribution is -0.125. The molecule has 2 aromatic heterocycles. The van der Waals surface area contributed by atoms with Crippen LogP contribution in [-0.4, -0.2) is 39.8 Å². The van der Waals surface area contributed by atoms with Crippen molar-refractivity contribution in [1.29, 1.82) is 0 Å². The normalized spacial score (nSPS) is 16.4. The summed E-state index contributed by atoms with van der Waals surface area (Å²) in [6.45, 7) is 3.29. The molecule has 0 spiro atoms. The molecule has 0 fully saturated rings. The number of amides is 1. The Morgan fingerprint density at radius 2 is 1.88 bits per heavy atom. The highest BCUT2D eigenvalue weighted by Gasteiger charge is 2.30. The smallest absolute Gasteiger partial charge is 0.279 e. The van der Waals surface area contributed by atoms with Crippen molar-refractivity contribution in [1.82, 2.24) is 15.0 Å². The number of fused-ring (bicyclic) bond motifs is 2. The van der Waals surface area contributed by atoms with Crippen molar-refractivity contribution in [3.63, 3.8) is 0 Å². The van der Waals surface area contributed by atoms with Crippen molar-refractivity contribution in [3.8, 4) is 16.2 Å². The quantitative estimate of drug-likeness (QED) is 0.431. The van der Waals surface area contributed by atoms with E-state index in [0.717, 1.165) is 15.1 Å². The first-order valence-corrected chi connectivity index (χ1v) is 11.2. The number of Topliss-reactive ketones (excluding diaryl/α,β-unsaturated/α-hetero) is 1. The van der Waals surface area contributed by atoms with Gasteiger partial charge in [-0.25, -0.2) is 0 Å². The molecule has 0 N–H and O–H groups in total. The van der Waals surface area contributed by atoms with Gasteiger partial charge < -0.3 is 9.64 Å². The molecule has 0 saturated carbocycles. The molecular weight excluding hydrogens is 440 g/mol. The number of carbonyl (C=O) groups is 2. The van der Waals surface area contributed by atoms with Gasteiger partial charge in [0.1, 0.15) is 11.8 Å². The number of benzene rings is 2. The number of hydrogen-bond acceptors (Lipinski definition) is 7. The van der Waals surface area contributed by atoms with Crippen molar-refractivity contribution in [2.45, 2.75) is 26.0 Å². The average molecular weight is 461 g/mol. The molecule has 2 aromatic carbocycles. The van der Waals surface area contributed by atoms with E-state index in [1.54, 1.807) is 45.2 Å². The Labute approximate surface area is 193 Å². The van der Waals surface area contributed by atoms with Crippen LogP contribution in [0, 0.1) is 0 Å². The topological polar surface area (TPSA) is 94.4 Å². The average Bonchev–Trinajstić information content (AvgIpc) is 3.28. The van der Waals surface area contributed by atoms with Crippen molar-refractivity contribution < 1.29 is 14.3 Å². The highest BCUT2D eigenvalue weighted by atomic mass is 32.1. The van der Waals surface area contributed by atoms with Gasteiger partial charge in [0.25, 0.3) is 11.5 Å². The van der Waals surface area contributed by atoms with Crippen molar-refractivity contribution in [2.75, 3.05) is 11.9 Å². The predicted octanol–water partition coefficient (Wildman–Crippen LogP) is 3.71. The van der Waals surface area contributed by atoms with Crippen LogP contribution in [-0.2, 0) is 4.79 Å². The third kappa shape index (κ3) is 3.50. The Morgan fingerprint density at radius 3 is 2.64 bits per heavy atom. The van der Waals surface area contributed by atoms with Gasteiger partial charge in [-0.15, -0.1) is 16.4 Å². The van der Waals surface area contributed by atoms with Gasteiger partial charge in [-0.3, -0.25) is 14.4 Å². The highest BCUT2D eigenvalue weighted by Crippen LogP contribution is 2.35. The number of likely N-dealkylation sites (N-methyl/N-ethyl adjacent to an activating group) is 1. The monoisotopic (exact) mass is 460 g/mol. The lowest BCUT2D eigenvalue weighted by atomic mass is 10.0. The number of thiophene rings is 1. The number of ketones is 1. The minimum Gasteiger partial charge on any atom is -0.479 e. The number of rotatable bonds is 4. The van der Waals surface area contributed by atoms with Gasteiger partial charge in [0.2, 0.25) is 0 Å². The molecule has 8 nitrogen and oxygen atoms in total. The van der Waals surface area contributed by atoms with Crippen LogP contribution < -0.4 is 15.2 Å². The number of ether oxygens (including phenoxy) is 1. The van der Waals surface area contributed by atoms with E-state index >= 15 is 0 Å². The van der Waals surface area contributed by atoms with Crippen molar-refractivity contribution in [2.24, 2.45) is 0 Å². The Kier molecular flexibility index (Phi) is 5.05. The molecule has 5 rings (SSSR count). The fourth-order valence-corrected chi connectivity index (χ4v) is 4.85. The summed E-state index contributed by atoms with van der Waals surface area (Å²) >= 11 is 1.38. The second-order valence-corrected chi connectivity index (χ2v) is 8.95. The fraction of sp³-hybridized carbons (Fsp3) is 0.208. The van der Waals surface area contributed by atoms with Gasteiger partial charge in [-0.05, 0) is 43.7 Å². The van der Waals surface area contributed by atoms with Gasteiger partial charge in [0, 0.05) is 17.5 Å². The number of aromatic nitrogens is 3. The third-order valence-corrected chi connectivity index (χ3v) is 6.84. The molecule has 9 heteroatoms. The fourth-order valence-electron chi connectivity index (χ4n) is 3.88. The SMILES string of the molecule is CC1Oc2ccc(C(=O)C(C)n3nnc4sc(-c5ccccc5)cc4c3=O)cc2N(C)C1=O. The van der Waals surface area contributed by atoms with E-state index in [0.29, 0.717) is 27.2 Å². The maximum atomic E-state index is 13.2. The molecule has 0 radical (unpaired) electrons. The molecule has 2 unspecified atom stereocenters. The molecular formula is C24H20N4O4S. The highest BCUT2D eigenvalue weighted by molar-refractivity contribution is 7.21. The second kappa shape index (κ2) is 7.93. The molecule has 0 aliphatic carbocycles. The minimum atomic E-state index is -0.878. The zero-order valence-electron chi connectivity index (χ0n) is 18.2. The lowest BCUT2D eigenvalue weighted by Gasteiger charge is -2.30. The first kappa shape index (κ1) is 21.0. The van der Waals surface area contributed by atoms with Gasteiger partial charge in [0.15, 0.2) is 16.7 Å². The Balaban J connectivity index is 1.49. The molecule has 0 saturated heterocycles. The summed E-state index contributed by atoms with van der Waals surface area (Å²) in [4.78, 5) is 41.5. The molecule has 1 aliphatic heterocycles. The van der Waals surface area contributed by atoms with E-state index in [9.17, 15) is 14.4 Å². The van der Waals surface area contributed by atoms with Crippen LogP contribution in [0.5, 0.6) is 5.75 Å². The molecule has 2 atom stereocenters. The van der Waals surface area contributed by atoms with E-state index in [2.05, 4.69) is 10.3 Å². The Hall–Kier alpha value is -3.85. The predicted molar refractivity (Wildman–Crippen MR) is 126 cm³/mol. The Morgan fingerprint density at radius 1 is 1.12 bits per heavy atom. The van der Waals surface area contributed by atoms with Crippen LogP contribution in [0.25, 0.3) is 20.7 Å². The second-order valence-electron chi connectivity index (χ2n) is 7.91. The Bertz CT molecular complexity index is 1460. The molecule has 1 aliphatic rings. The maximum Gasteiger partial charge on any atom is 0.279 e. The molecule has 1 amide bonds. The first-order valence-electron chi connectivity index (χ1n) is 10.4. The third-order valence-electron chi connectivity index (χ3n) is 5.77. The lowest BCUT2D eigenvalue weighted by Crippen LogP contribution is -2.42. The van der Waals surface area contributed by atoms with Gasteiger partial charge in [-0.2, -0.15) is 4.68 Å². The van der Waals surface area contributed by atoms with E-state index in [-0.39, 0.29) is 17.2 Å². The van der Waals surface area contributed by atoms with Crippen LogP contribution in [0.2, 0.25) is 0 Å². The molecule has 0 bridgehead atoms. The van der Waals surface area contributed by atoms with Crippen molar-refractivity contribution >= 4 is 38.9 Å². The molecule has 33 heavy (non-hydrogen) atoms. The summed E-state index contributed by atoms with van der Waals surface area (Å²) in [5.74, 6) is 0.0183. The van der Waals surface area contributed by atoms with Crippen LogP contribution in [0.4, 0.5) is 5.69 Å². The van der Waals surface area contributed by atoms with Gasteiger partial charge in [0.05, 0.1) is 11.1 Å². The maximum absolute atomic E-state index is 13.2. The summed E-state index contributed by atoms with van der Waals surface area (Å²) in [6, 6.07) is 15.5. The van der Waals surface area contributed by atoms with Crippen LogP contribution >= 0.6 is 11.3 Å².